The number of rotatable bonds is 6. The first-order valence-corrected chi connectivity index (χ1v) is 10.2. The van der Waals surface area contributed by atoms with E-state index in [2.05, 4.69) is 57.8 Å². The van der Waals surface area contributed by atoms with Crippen LogP contribution in [-0.4, -0.2) is 20.1 Å². The third-order valence-electron chi connectivity index (χ3n) is 3.92. The zero-order valence-corrected chi connectivity index (χ0v) is 14.2. The fraction of sp³-hybridized carbons (Fsp3) is 0.471. The molecular weight excluding hydrogens is 264 g/mol. The van der Waals surface area contributed by atoms with Crippen LogP contribution in [0.1, 0.15) is 20.8 Å². The Morgan fingerprint density at radius 1 is 1.25 bits per heavy atom. The van der Waals surface area contributed by atoms with Gasteiger partial charge in [0.2, 0.25) is 0 Å². The van der Waals surface area contributed by atoms with Crippen LogP contribution in [0.4, 0.5) is 0 Å². The third kappa shape index (κ3) is 3.82. The maximum atomic E-state index is 11.4. The van der Waals surface area contributed by atoms with Crippen molar-refractivity contribution >= 4 is 19.2 Å². The molecule has 2 atom stereocenters. The molecule has 0 N–H and O–H groups in total. The molecule has 0 saturated heterocycles. The molecule has 0 radical (unpaired) electrons. The maximum Gasteiger partial charge on any atom is 0.302 e. The lowest BCUT2D eigenvalue weighted by Crippen LogP contribution is -2.51. The second-order valence-corrected chi connectivity index (χ2v) is 10.9. The van der Waals surface area contributed by atoms with E-state index in [0.717, 1.165) is 0 Å². The molecule has 0 saturated carbocycles. The standard InChI is InChI=1S/C17H26O2Si/c1-7-16(17(13(2)3)19-14(4)18)20(5,6)15-11-9-8-10-12-15/h7-13,16-17H,1H2,2-6H3/t16-,17+/m1/s1. The highest BCUT2D eigenvalue weighted by Gasteiger charge is 2.39. The van der Waals surface area contributed by atoms with Crippen LogP contribution in [0.5, 0.6) is 0 Å². The Balaban J connectivity index is 3.15. The molecule has 2 nitrogen and oxygen atoms in total. The number of carbonyl (C=O) groups excluding carboxylic acids is 1. The Labute approximate surface area is 123 Å². The summed E-state index contributed by atoms with van der Waals surface area (Å²) in [5.41, 5.74) is 0.203. The molecule has 0 aliphatic heterocycles. The van der Waals surface area contributed by atoms with Crippen LogP contribution in [0, 0.1) is 5.92 Å². The van der Waals surface area contributed by atoms with Gasteiger partial charge in [-0.15, -0.1) is 6.58 Å². The van der Waals surface area contributed by atoms with Crippen molar-refractivity contribution in [2.45, 2.75) is 45.5 Å². The SMILES string of the molecule is C=C[C@H]([C@@H](OC(C)=O)C(C)C)[Si](C)(C)c1ccccc1. The molecule has 0 unspecified atom stereocenters. The van der Waals surface area contributed by atoms with Gasteiger partial charge in [-0.25, -0.2) is 0 Å². The van der Waals surface area contributed by atoms with Gasteiger partial charge in [-0.3, -0.25) is 4.79 Å². The van der Waals surface area contributed by atoms with Crippen LogP contribution < -0.4 is 5.19 Å². The minimum Gasteiger partial charge on any atom is -0.462 e. The van der Waals surface area contributed by atoms with E-state index in [-0.39, 0.29) is 23.5 Å². The summed E-state index contributed by atoms with van der Waals surface area (Å²) < 4.78 is 5.60. The molecule has 1 rings (SSSR count). The maximum absolute atomic E-state index is 11.4. The Kier molecular flexibility index (Phi) is 5.75. The van der Waals surface area contributed by atoms with E-state index in [1.165, 1.54) is 12.1 Å². The molecule has 0 amide bonds. The number of hydrogen-bond donors (Lipinski definition) is 0. The van der Waals surface area contributed by atoms with Gasteiger partial charge in [-0.2, -0.15) is 0 Å². The Morgan fingerprint density at radius 3 is 2.20 bits per heavy atom. The Morgan fingerprint density at radius 2 is 1.80 bits per heavy atom. The normalized spacial score (nSPS) is 14.7. The van der Waals surface area contributed by atoms with Crippen molar-refractivity contribution in [1.29, 1.82) is 0 Å². The average molecular weight is 290 g/mol. The fourth-order valence-corrected chi connectivity index (χ4v) is 6.02. The molecule has 110 valence electrons. The molecule has 0 aliphatic rings. The van der Waals surface area contributed by atoms with E-state index in [0.29, 0.717) is 0 Å². The first-order chi connectivity index (χ1) is 9.30. The van der Waals surface area contributed by atoms with E-state index in [1.54, 1.807) is 0 Å². The minimum absolute atomic E-state index is 0.105. The minimum atomic E-state index is -1.80. The van der Waals surface area contributed by atoms with Gasteiger partial charge in [0.25, 0.3) is 0 Å². The number of ether oxygens (including phenoxy) is 1. The molecular formula is C17H26O2Si. The molecule has 0 heterocycles. The van der Waals surface area contributed by atoms with E-state index < -0.39 is 8.07 Å². The van der Waals surface area contributed by atoms with Crippen molar-refractivity contribution in [3.05, 3.63) is 43.0 Å². The second-order valence-electron chi connectivity index (χ2n) is 6.17. The van der Waals surface area contributed by atoms with Crippen molar-refractivity contribution in [1.82, 2.24) is 0 Å². The van der Waals surface area contributed by atoms with E-state index in [1.807, 2.05) is 12.1 Å². The van der Waals surface area contributed by atoms with Gasteiger partial charge in [0, 0.05) is 12.5 Å². The van der Waals surface area contributed by atoms with Gasteiger partial charge in [0.05, 0.1) is 8.07 Å². The van der Waals surface area contributed by atoms with E-state index >= 15 is 0 Å². The molecule has 0 aromatic heterocycles. The number of carbonyl (C=O) groups is 1. The van der Waals surface area contributed by atoms with Crippen molar-refractivity contribution < 1.29 is 9.53 Å². The quantitative estimate of drug-likeness (QED) is 0.453. The summed E-state index contributed by atoms with van der Waals surface area (Å²) in [4.78, 5) is 11.4. The van der Waals surface area contributed by atoms with Crippen molar-refractivity contribution in [3.8, 4) is 0 Å². The predicted molar refractivity (Wildman–Crippen MR) is 87.9 cm³/mol. The lowest BCUT2D eigenvalue weighted by Gasteiger charge is -2.38. The topological polar surface area (TPSA) is 26.3 Å². The summed E-state index contributed by atoms with van der Waals surface area (Å²) in [6.45, 7) is 14.3. The zero-order chi connectivity index (χ0) is 15.3. The summed E-state index contributed by atoms with van der Waals surface area (Å²) in [6, 6.07) is 10.5. The van der Waals surface area contributed by atoms with Gasteiger partial charge in [0.1, 0.15) is 6.10 Å². The summed E-state index contributed by atoms with van der Waals surface area (Å²) in [7, 11) is -1.80. The van der Waals surface area contributed by atoms with Crippen LogP contribution in [0.25, 0.3) is 0 Å². The molecule has 20 heavy (non-hydrogen) atoms. The first kappa shape index (κ1) is 16.7. The third-order valence-corrected chi connectivity index (χ3v) is 7.97. The summed E-state index contributed by atoms with van der Waals surface area (Å²) in [5, 5.41) is 1.36. The summed E-state index contributed by atoms with van der Waals surface area (Å²) in [6.07, 6.45) is 1.87. The van der Waals surface area contributed by atoms with Crippen LogP contribution in [0.15, 0.2) is 43.0 Å². The molecule has 0 aliphatic carbocycles. The Bertz CT molecular complexity index is 451. The highest BCUT2D eigenvalue weighted by Crippen LogP contribution is 2.32. The van der Waals surface area contributed by atoms with Crippen molar-refractivity contribution in [3.63, 3.8) is 0 Å². The molecule has 3 heteroatoms. The van der Waals surface area contributed by atoms with Crippen molar-refractivity contribution in [2.24, 2.45) is 5.92 Å². The average Bonchev–Trinajstić information content (AvgIpc) is 2.38. The molecule has 0 bridgehead atoms. The second kappa shape index (κ2) is 6.89. The van der Waals surface area contributed by atoms with Gasteiger partial charge in [0.15, 0.2) is 0 Å². The van der Waals surface area contributed by atoms with Crippen LogP contribution in [0.2, 0.25) is 18.6 Å². The smallest absolute Gasteiger partial charge is 0.302 e. The molecule has 0 fully saturated rings. The fourth-order valence-electron chi connectivity index (χ4n) is 2.72. The summed E-state index contributed by atoms with van der Waals surface area (Å²) >= 11 is 0. The number of hydrogen-bond acceptors (Lipinski definition) is 2. The largest absolute Gasteiger partial charge is 0.462 e. The van der Waals surface area contributed by atoms with Gasteiger partial charge in [-0.05, 0) is 5.92 Å². The molecule has 1 aromatic rings. The predicted octanol–water partition coefficient (Wildman–Crippen LogP) is 3.75. The van der Waals surface area contributed by atoms with Gasteiger partial charge in [-0.1, -0.05) is 68.5 Å². The zero-order valence-electron chi connectivity index (χ0n) is 13.2. The van der Waals surface area contributed by atoms with Crippen LogP contribution >= 0.6 is 0 Å². The highest BCUT2D eigenvalue weighted by molar-refractivity contribution is 6.91. The molecule has 0 spiro atoms. The highest BCUT2D eigenvalue weighted by atomic mass is 28.3. The number of esters is 1. The Hall–Kier alpha value is -1.35. The van der Waals surface area contributed by atoms with Crippen LogP contribution in [-0.2, 0) is 9.53 Å². The lowest BCUT2D eigenvalue weighted by atomic mass is 10.0. The summed E-state index contributed by atoms with van der Waals surface area (Å²) in [5.74, 6) is 0.0609. The number of benzene rings is 1. The van der Waals surface area contributed by atoms with Gasteiger partial charge >= 0.3 is 5.97 Å². The van der Waals surface area contributed by atoms with Crippen LogP contribution in [0.3, 0.4) is 0 Å². The lowest BCUT2D eigenvalue weighted by molar-refractivity contribution is -0.148. The van der Waals surface area contributed by atoms with E-state index in [9.17, 15) is 4.79 Å². The van der Waals surface area contributed by atoms with Crippen molar-refractivity contribution in [2.75, 3.05) is 0 Å². The first-order valence-electron chi connectivity index (χ1n) is 7.16. The van der Waals surface area contributed by atoms with Gasteiger partial charge < -0.3 is 4.74 Å². The molecule has 1 aromatic carbocycles. The monoisotopic (exact) mass is 290 g/mol. The van der Waals surface area contributed by atoms with E-state index in [4.69, 9.17) is 4.74 Å².